The molecule has 1 fully saturated rings. The minimum atomic E-state index is -0.0347. The molecule has 28 heavy (non-hydrogen) atoms. The van der Waals surface area contributed by atoms with Crippen LogP contribution in [0.3, 0.4) is 0 Å². The van der Waals surface area contributed by atoms with Gasteiger partial charge in [-0.15, -0.1) is 0 Å². The first-order valence-corrected chi connectivity index (χ1v) is 9.22. The van der Waals surface area contributed by atoms with Crippen molar-refractivity contribution >= 4 is 22.8 Å². The van der Waals surface area contributed by atoms with Crippen molar-refractivity contribution in [1.29, 1.82) is 0 Å². The van der Waals surface area contributed by atoms with Crippen LogP contribution in [0.2, 0.25) is 0 Å². The number of rotatable bonds is 3. The maximum atomic E-state index is 11.8. The number of carbonyl (C=O) groups is 1. The molecule has 0 unspecified atom stereocenters. The Bertz CT molecular complexity index is 1100. The average molecular weight is 371 g/mol. The minimum Gasteiger partial charge on any atom is -0.365 e. The number of nitrogens with one attached hydrogen (secondary N) is 2. The van der Waals surface area contributed by atoms with Gasteiger partial charge in [0, 0.05) is 24.7 Å². The standard InChI is InChI=1S/C22H21N5O/c1-3-20(28)27-10-9-18(13-27)26-22-19-12-17(25-21(19)23-14-24-22)8-7-16-6-4-5-15(2)11-16/h3-6,11-12,14,18H,1,9-10,13H2,2H3,(H2,23,24,25,26)/t18-/m1/s1. The van der Waals surface area contributed by atoms with Gasteiger partial charge in [0.15, 0.2) is 0 Å². The van der Waals surface area contributed by atoms with Crippen LogP contribution in [0.15, 0.2) is 49.3 Å². The van der Waals surface area contributed by atoms with Gasteiger partial charge in [-0.3, -0.25) is 4.79 Å². The molecule has 6 heteroatoms. The molecule has 1 atom stereocenters. The summed E-state index contributed by atoms with van der Waals surface area (Å²) < 4.78 is 0. The zero-order chi connectivity index (χ0) is 19.5. The fourth-order valence-electron chi connectivity index (χ4n) is 3.39. The summed E-state index contributed by atoms with van der Waals surface area (Å²) in [6.45, 7) is 6.96. The molecule has 3 aromatic rings. The van der Waals surface area contributed by atoms with Crippen molar-refractivity contribution in [2.24, 2.45) is 0 Å². The normalized spacial score (nSPS) is 15.9. The third kappa shape index (κ3) is 3.74. The fourth-order valence-corrected chi connectivity index (χ4v) is 3.39. The molecule has 1 saturated heterocycles. The van der Waals surface area contributed by atoms with E-state index in [4.69, 9.17) is 0 Å². The molecule has 1 aliphatic rings. The second kappa shape index (κ2) is 7.57. The summed E-state index contributed by atoms with van der Waals surface area (Å²) in [6, 6.07) is 10.2. The number of benzene rings is 1. The first-order chi connectivity index (χ1) is 13.6. The average Bonchev–Trinajstić information content (AvgIpc) is 3.33. The van der Waals surface area contributed by atoms with Crippen LogP contribution in [0.4, 0.5) is 5.82 Å². The molecule has 1 aromatic carbocycles. The van der Waals surface area contributed by atoms with Crippen LogP contribution in [0, 0.1) is 18.8 Å². The number of amides is 1. The molecule has 0 radical (unpaired) electrons. The van der Waals surface area contributed by atoms with Gasteiger partial charge in [-0.05, 0) is 49.1 Å². The summed E-state index contributed by atoms with van der Waals surface area (Å²) in [7, 11) is 0. The van der Waals surface area contributed by atoms with Crippen molar-refractivity contribution in [2.45, 2.75) is 19.4 Å². The molecule has 0 saturated carbocycles. The SMILES string of the molecule is C=CC(=O)N1CC[C@@H](Nc2ncnc3[nH]c(C#Cc4cccc(C)c4)cc23)C1. The first-order valence-electron chi connectivity index (χ1n) is 9.22. The number of likely N-dealkylation sites (tertiary alicyclic amines) is 1. The molecule has 6 nitrogen and oxygen atoms in total. The van der Waals surface area contributed by atoms with Crippen molar-refractivity contribution in [3.05, 3.63) is 66.1 Å². The zero-order valence-electron chi connectivity index (χ0n) is 15.7. The van der Waals surface area contributed by atoms with Gasteiger partial charge in [0.05, 0.1) is 11.1 Å². The number of H-pyrrole nitrogens is 1. The molecule has 1 aliphatic heterocycles. The van der Waals surface area contributed by atoms with Gasteiger partial charge in [-0.1, -0.05) is 24.6 Å². The molecule has 1 amide bonds. The Morgan fingerprint density at radius 1 is 1.36 bits per heavy atom. The Balaban J connectivity index is 1.55. The summed E-state index contributed by atoms with van der Waals surface area (Å²) in [6.07, 6.45) is 3.76. The minimum absolute atomic E-state index is 0.0347. The van der Waals surface area contributed by atoms with E-state index in [1.165, 1.54) is 18.0 Å². The Morgan fingerprint density at radius 3 is 3.07 bits per heavy atom. The predicted molar refractivity (Wildman–Crippen MR) is 110 cm³/mol. The third-order valence-electron chi connectivity index (χ3n) is 4.80. The number of fused-ring (bicyclic) bond motifs is 1. The summed E-state index contributed by atoms with van der Waals surface area (Å²) in [4.78, 5) is 25.5. The third-order valence-corrected chi connectivity index (χ3v) is 4.80. The Morgan fingerprint density at radius 2 is 2.25 bits per heavy atom. The monoisotopic (exact) mass is 371 g/mol. The van der Waals surface area contributed by atoms with E-state index in [1.54, 1.807) is 4.90 Å². The van der Waals surface area contributed by atoms with Gasteiger partial charge in [0.1, 0.15) is 17.8 Å². The molecule has 140 valence electrons. The number of nitrogens with zero attached hydrogens (tertiary/aromatic N) is 3. The zero-order valence-corrected chi connectivity index (χ0v) is 15.7. The summed E-state index contributed by atoms with van der Waals surface area (Å²) in [5.74, 6) is 7.06. The maximum Gasteiger partial charge on any atom is 0.246 e. The summed E-state index contributed by atoms with van der Waals surface area (Å²) >= 11 is 0. The molecular formula is C22H21N5O. The van der Waals surface area contributed by atoms with Crippen LogP contribution >= 0.6 is 0 Å². The van der Waals surface area contributed by atoms with Gasteiger partial charge in [0.2, 0.25) is 5.91 Å². The number of aryl methyl sites for hydroxylation is 1. The number of carbonyl (C=O) groups excluding carboxylic acids is 1. The topological polar surface area (TPSA) is 73.9 Å². The van der Waals surface area contributed by atoms with E-state index in [0.29, 0.717) is 6.54 Å². The van der Waals surface area contributed by atoms with Crippen LogP contribution in [-0.2, 0) is 4.79 Å². The van der Waals surface area contributed by atoms with Crippen molar-refractivity contribution in [1.82, 2.24) is 19.9 Å². The van der Waals surface area contributed by atoms with Gasteiger partial charge in [-0.25, -0.2) is 9.97 Å². The van der Waals surface area contributed by atoms with E-state index < -0.39 is 0 Å². The molecule has 4 rings (SSSR count). The lowest BCUT2D eigenvalue weighted by Crippen LogP contribution is -2.30. The molecule has 0 bridgehead atoms. The van der Waals surface area contributed by atoms with Crippen molar-refractivity contribution in [3.63, 3.8) is 0 Å². The van der Waals surface area contributed by atoms with Gasteiger partial charge in [-0.2, -0.15) is 0 Å². The Labute approximate surface area is 163 Å². The molecule has 3 heterocycles. The van der Waals surface area contributed by atoms with Crippen LogP contribution in [0.25, 0.3) is 11.0 Å². The highest BCUT2D eigenvalue weighted by atomic mass is 16.2. The summed E-state index contributed by atoms with van der Waals surface area (Å²) in [5.41, 5.74) is 3.68. The van der Waals surface area contributed by atoms with Crippen LogP contribution in [0.1, 0.15) is 23.2 Å². The highest BCUT2D eigenvalue weighted by Gasteiger charge is 2.25. The Hall–Kier alpha value is -3.59. The number of hydrogen-bond acceptors (Lipinski definition) is 4. The quantitative estimate of drug-likeness (QED) is 0.548. The van der Waals surface area contributed by atoms with Gasteiger partial charge < -0.3 is 15.2 Å². The van der Waals surface area contributed by atoms with E-state index in [-0.39, 0.29) is 11.9 Å². The molecule has 0 spiro atoms. The first kappa shape index (κ1) is 17.8. The number of hydrogen-bond donors (Lipinski definition) is 2. The Kier molecular flexibility index (Phi) is 4.81. The van der Waals surface area contributed by atoms with E-state index >= 15 is 0 Å². The van der Waals surface area contributed by atoms with E-state index in [0.717, 1.165) is 41.1 Å². The molecule has 2 aromatic heterocycles. The highest BCUT2D eigenvalue weighted by Crippen LogP contribution is 2.23. The number of aromatic nitrogens is 3. The molecule has 0 aliphatic carbocycles. The van der Waals surface area contributed by atoms with Crippen LogP contribution in [0.5, 0.6) is 0 Å². The lowest BCUT2D eigenvalue weighted by Gasteiger charge is -2.15. The fraction of sp³-hybridized carbons (Fsp3) is 0.227. The highest BCUT2D eigenvalue weighted by molar-refractivity contribution is 5.89. The maximum absolute atomic E-state index is 11.8. The van der Waals surface area contributed by atoms with Gasteiger partial charge >= 0.3 is 0 Å². The van der Waals surface area contributed by atoms with Crippen LogP contribution < -0.4 is 5.32 Å². The molecular weight excluding hydrogens is 350 g/mol. The number of anilines is 1. The summed E-state index contributed by atoms with van der Waals surface area (Å²) in [5, 5.41) is 4.33. The largest absolute Gasteiger partial charge is 0.365 e. The van der Waals surface area contributed by atoms with E-state index in [1.807, 2.05) is 18.2 Å². The van der Waals surface area contributed by atoms with E-state index in [2.05, 4.69) is 57.7 Å². The van der Waals surface area contributed by atoms with Crippen molar-refractivity contribution < 1.29 is 4.79 Å². The van der Waals surface area contributed by atoms with Crippen molar-refractivity contribution in [2.75, 3.05) is 18.4 Å². The molecule has 2 N–H and O–H groups in total. The van der Waals surface area contributed by atoms with E-state index in [9.17, 15) is 4.79 Å². The second-order valence-corrected chi connectivity index (χ2v) is 6.91. The second-order valence-electron chi connectivity index (χ2n) is 6.91. The van der Waals surface area contributed by atoms with Gasteiger partial charge in [0.25, 0.3) is 0 Å². The smallest absolute Gasteiger partial charge is 0.246 e. The number of aromatic amines is 1. The predicted octanol–water partition coefficient (Wildman–Crippen LogP) is 2.86. The lowest BCUT2D eigenvalue weighted by atomic mass is 10.1. The van der Waals surface area contributed by atoms with Crippen molar-refractivity contribution in [3.8, 4) is 11.8 Å². The van der Waals surface area contributed by atoms with Crippen LogP contribution in [-0.4, -0.2) is 44.9 Å². The lowest BCUT2D eigenvalue weighted by molar-refractivity contribution is -0.125.